The fraction of sp³-hybridized carbons (Fsp3) is 0.346. The maximum Gasteiger partial charge on any atom is 0.243 e. The van der Waals surface area contributed by atoms with Gasteiger partial charge in [-0.1, -0.05) is 12.1 Å². The van der Waals surface area contributed by atoms with Gasteiger partial charge in [0.2, 0.25) is 15.9 Å². The van der Waals surface area contributed by atoms with Gasteiger partial charge in [0.05, 0.1) is 35.9 Å². The Morgan fingerprint density at radius 3 is 2.29 bits per heavy atom. The first kappa shape index (κ1) is 23.6. The van der Waals surface area contributed by atoms with Crippen LogP contribution >= 0.6 is 0 Å². The van der Waals surface area contributed by atoms with Crippen molar-refractivity contribution in [2.75, 3.05) is 49.6 Å². The topological polar surface area (TPSA) is 83.9 Å². The van der Waals surface area contributed by atoms with E-state index in [4.69, 9.17) is 4.74 Å². The number of amides is 1. The third kappa shape index (κ3) is 5.27. The Morgan fingerprint density at radius 2 is 1.60 bits per heavy atom. The van der Waals surface area contributed by atoms with Gasteiger partial charge >= 0.3 is 0 Å². The lowest BCUT2D eigenvalue weighted by atomic mass is 10.1. The predicted molar refractivity (Wildman–Crippen MR) is 136 cm³/mol. The van der Waals surface area contributed by atoms with E-state index in [1.807, 2.05) is 59.4 Å². The van der Waals surface area contributed by atoms with Gasteiger partial charge in [-0.25, -0.2) is 8.42 Å². The third-order valence-electron chi connectivity index (χ3n) is 6.50. The third-order valence-corrected chi connectivity index (χ3v) is 8.39. The number of carbonyl (C=O) groups is 1. The standard InChI is InChI=1S/C26H30N4O4S/c31-26(19-21-5-7-22(8-6-21)28-11-1-2-12-28)27-24-20-23(9-10-25(24)29-13-3-4-14-29)35(32,33)30-15-17-34-18-16-30/h1-2,5-12,20H,3-4,13-19H2,(H,27,31). The summed E-state index contributed by atoms with van der Waals surface area (Å²) in [6.45, 7) is 3.21. The molecule has 2 aromatic carbocycles. The van der Waals surface area contributed by atoms with Crippen molar-refractivity contribution in [3.05, 3.63) is 72.6 Å². The molecule has 1 N–H and O–H groups in total. The molecule has 3 aromatic rings. The molecule has 35 heavy (non-hydrogen) atoms. The second kappa shape index (κ2) is 10.2. The molecule has 5 rings (SSSR count). The van der Waals surface area contributed by atoms with E-state index in [1.54, 1.807) is 12.1 Å². The molecule has 1 aromatic heterocycles. The average Bonchev–Trinajstić information content (AvgIpc) is 3.60. The fourth-order valence-electron chi connectivity index (χ4n) is 4.62. The van der Waals surface area contributed by atoms with Crippen LogP contribution in [0.5, 0.6) is 0 Å². The van der Waals surface area contributed by atoms with E-state index in [9.17, 15) is 13.2 Å². The SMILES string of the molecule is O=C(Cc1ccc(-n2cccc2)cc1)Nc1cc(S(=O)(=O)N2CCOCC2)ccc1N1CCCC1. The van der Waals surface area contributed by atoms with Crippen molar-refractivity contribution in [1.29, 1.82) is 0 Å². The summed E-state index contributed by atoms with van der Waals surface area (Å²) < 4.78 is 35.2. The highest BCUT2D eigenvalue weighted by Gasteiger charge is 2.28. The van der Waals surface area contributed by atoms with E-state index < -0.39 is 10.0 Å². The largest absolute Gasteiger partial charge is 0.379 e. The number of aromatic nitrogens is 1. The molecule has 2 saturated heterocycles. The van der Waals surface area contributed by atoms with Crippen molar-refractivity contribution >= 4 is 27.3 Å². The van der Waals surface area contributed by atoms with Crippen LogP contribution in [-0.2, 0) is 26.0 Å². The number of anilines is 2. The first-order valence-electron chi connectivity index (χ1n) is 12.0. The molecule has 0 unspecified atom stereocenters. The summed E-state index contributed by atoms with van der Waals surface area (Å²) in [5, 5.41) is 3.00. The molecule has 0 bridgehead atoms. The van der Waals surface area contributed by atoms with Crippen molar-refractivity contribution in [3.63, 3.8) is 0 Å². The maximum absolute atomic E-state index is 13.2. The van der Waals surface area contributed by atoms with Crippen LogP contribution in [0.3, 0.4) is 0 Å². The molecule has 0 radical (unpaired) electrons. The Balaban J connectivity index is 1.36. The smallest absolute Gasteiger partial charge is 0.243 e. The number of hydrogen-bond donors (Lipinski definition) is 1. The van der Waals surface area contributed by atoms with Crippen molar-refractivity contribution in [1.82, 2.24) is 8.87 Å². The predicted octanol–water partition coefficient (Wildman–Crippen LogP) is 3.28. The van der Waals surface area contributed by atoms with Crippen LogP contribution in [0.2, 0.25) is 0 Å². The maximum atomic E-state index is 13.2. The van der Waals surface area contributed by atoms with Crippen LogP contribution < -0.4 is 10.2 Å². The number of morpholine rings is 1. The lowest BCUT2D eigenvalue weighted by molar-refractivity contribution is -0.115. The Bertz CT molecular complexity index is 1260. The average molecular weight is 495 g/mol. The second-order valence-corrected chi connectivity index (χ2v) is 10.8. The van der Waals surface area contributed by atoms with E-state index in [-0.39, 0.29) is 17.2 Å². The molecular weight excluding hydrogens is 464 g/mol. The Morgan fingerprint density at radius 1 is 0.914 bits per heavy atom. The summed E-state index contributed by atoms with van der Waals surface area (Å²) in [5.74, 6) is -0.180. The van der Waals surface area contributed by atoms with Gasteiger partial charge in [0.25, 0.3) is 0 Å². The summed E-state index contributed by atoms with van der Waals surface area (Å²) in [4.78, 5) is 15.4. The van der Waals surface area contributed by atoms with Gasteiger partial charge in [0, 0.05) is 44.3 Å². The number of carbonyl (C=O) groups excluding carboxylic acids is 1. The van der Waals surface area contributed by atoms with Crippen LogP contribution in [0, 0.1) is 0 Å². The van der Waals surface area contributed by atoms with Crippen molar-refractivity contribution < 1.29 is 17.9 Å². The molecule has 1 amide bonds. The zero-order valence-electron chi connectivity index (χ0n) is 19.6. The highest BCUT2D eigenvalue weighted by atomic mass is 32.2. The minimum atomic E-state index is -3.66. The highest BCUT2D eigenvalue weighted by molar-refractivity contribution is 7.89. The van der Waals surface area contributed by atoms with E-state index in [1.165, 1.54) is 4.31 Å². The molecule has 9 heteroatoms. The van der Waals surface area contributed by atoms with Gasteiger partial charge in [-0.3, -0.25) is 4.79 Å². The highest BCUT2D eigenvalue weighted by Crippen LogP contribution is 2.32. The van der Waals surface area contributed by atoms with Crippen molar-refractivity contribution in [2.24, 2.45) is 0 Å². The van der Waals surface area contributed by atoms with Crippen LogP contribution in [0.25, 0.3) is 5.69 Å². The Hall–Kier alpha value is -3.14. The van der Waals surface area contributed by atoms with E-state index in [2.05, 4.69) is 10.2 Å². The number of ether oxygens (including phenoxy) is 1. The molecule has 0 aliphatic carbocycles. The van der Waals surface area contributed by atoms with Crippen LogP contribution in [0.15, 0.2) is 71.9 Å². The molecule has 2 fully saturated rings. The lowest BCUT2D eigenvalue weighted by Gasteiger charge is -2.27. The summed E-state index contributed by atoms with van der Waals surface area (Å²) in [6, 6.07) is 16.8. The molecule has 0 atom stereocenters. The minimum Gasteiger partial charge on any atom is -0.379 e. The van der Waals surface area contributed by atoms with Crippen LogP contribution in [0.1, 0.15) is 18.4 Å². The van der Waals surface area contributed by atoms with E-state index in [0.717, 1.165) is 42.9 Å². The van der Waals surface area contributed by atoms with E-state index in [0.29, 0.717) is 32.0 Å². The lowest BCUT2D eigenvalue weighted by Crippen LogP contribution is -2.40. The first-order chi connectivity index (χ1) is 17.0. The van der Waals surface area contributed by atoms with Crippen LogP contribution in [0.4, 0.5) is 11.4 Å². The summed E-state index contributed by atoms with van der Waals surface area (Å²) >= 11 is 0. The zero-order valence-corrected chi connectivity index (χ0v) is 20.4. The van der Waals surface area contributed by atoms with Gasteiger partial charge < -0.3 is 19.5 Å². The molecule has 184 valence electrons. The van der Waals surface area contributed by atoms with Gasteiger partial charge in [0.15, 0.2) is 0 Å². The summed E-state index contributed by atoms with van der Waals surface area (Å²) in [7, 11) is -3.66. The first-order valence-corrected chi connectivity index (χ1v) is 13.4. The molecule has 2 aliphatic heterocycles. The molecular formula is C26H30N4O4S. The van der Waals surface area contributed by atoms with Crippen molar-refractivity contribution in [2.45, 2.75) is 24.2 Å². The minimum absolute atomic E-state index is 0.180. The Labute approximate surface area is 206 Å². The number of benzene rings is 2. The normalized spacial score (nSPS) is 17.0. The van der Waals surface area contributed by atoms with Crippen molar-refractivity contribution in [3.8, 4) is 5.69 Å². The number of nitrogens with one attached hydrogen (secondary N) is 1. The van der Waals surface area contributed by atoms with Gasteiger partial charge in [-0.05, 0) is 60.9 Å². The quantitative estimate of drug-likeness (QED) is 0.545. The molecule has 0 saturated carbocycles. The van der Waals surface area contributed by atoms with Gasteiger partial charge in [-0.2, -0.15) is 4.31 Å². The monoisotopic (exact) mass is 494 g/mol. The van der Waals surface area contributed by atoms with Gasteiger partial charge in [-0.15, -0.1) is 0 Å². The van der Waals surface area contributed by atoms with E-state index >= 15 is 0 Å². The number of rotatable bonds is 7. The summed E-state index contributed by atoms with van der Waals surface area (Å²) in [5.41, 5.74) is 3.31. The number of hydrogen-bond acceptors (Lipinski definition) is 5. The number of nitrogens with zero attached hydrogens (tertiary/aromatic N) is 3. The fourth-order valence-corrected chi connectivity index (χ4v) is 6.05. The van der Waals surface area contributed by atoms with Crippen LogP contribution in [-0.4, -0.2) is 62.6 Å². The molecule has 3 heterocycles. The number of sulfonamides is 1. The van der Waals surface area contributed by atoms with Gasteiger partial charge in [0.1, 0.15) is 0 Å². The molecule has 2 aliphatic rings. The Kier molecular flexibility index (Phi) is 6.90. The summed E-state index contributed by atoms with van der Waals surface area (Å²) in [6.07, 6.45) is 6.30. The molecule has 8 nitrogen and oxygen atoms in total. The second-order valence-electron chi connectivity index (χ2n) is 8.87. The zero-order chi connectivity index (χ0) is 24.3. The molecule has 0 spiro atoms.